The molecule has 0 fully saturated rings. The van der Waals surface area contributed by atoms with Crippen molar-refractivity contribution in [2.45, 2.75) is 19.4 Å². The summed E-state index contributed by atoms with van der Waals surface area (Å²) in [5, 5.41) is 10.9. The summed E-state index contributed by atoms with van der Waals surface area (Å²) in [6.45, 7) is 1.95. The van der Waals surface area contributed by atoms with Gasteiger partial charge in [0, 0.05) is 26.6 Å². The first kappa shape index (κ1) is 8.99. The molecule has 1 aromatic rings. The van der Waals surface area contributed by atoms with Gasteiger partial charge in [0.15, 0.2) is 0 Å². The Morgan fingerprint density at radius 2 is 2.25 bits per heavy atom. The zero-order valence-corrected chi connectivity index (χ0v) is 7.70. The van der Waals surface area contributed by atoms with Crippen molar-refractivity contribution in [3.05, 3.63) is 5.82 Å². The summed E-state index contributed by atoms with van der Waals surface area (Å²) in [4.78, 5) is 0. The van der Waals surface area contributed by atoms with E-state index >= 15 is 0 Å². The zero-order valence-electron chi connectivity index (χ0n) is 7.70. The summed E-state index contributed by atoms with van der Waals surface area (Å²) < 4.78 is 1.91. The summed E-state index contributed by atoms with van der Waals surface area (Å²) in [6, 6.07) is 0.123. The highest BCUT2D eigenvalue weighted by molar-refractivity contribution is 5.23. The van der Waals surface area contributed by atoms with E-state index in [1.165, 1.54) is 0 Å². The molecule has 0 aliphatic rings. The highest BCUT2D eigenvalue weighted by Crippen LogP contribution is 2.04. The van der Waals surface area contributed by atoms with Crippen LogP contribution >= 0.6 is 0 Å². The van der Waals surface area contributed by atoms with E-state index in [0.29, 0.717) is 0 Å². The van der Waals surface area contributed by atoms with Crippen molar-refractivity contribution < 1.29 is 0 Å². The maximum atomic E-state index is 5.64. The lowest BCUT2D eigenvalue weighted by Gasteiger charge is -2.04. The molecule has 0 saturated carbocycles. The van der Waals surface area contributed by atoms with Crippen LogP contribution in [-0.2, 0) is 13.5 Å². The Bertz CT molecular complexity index is 252. The van der Waals surface area contributed by atoms with Gasteiger partial charge in [-0.25, -0.2) is 0 Å². The van der Waals surface area contributed by atoms with E-state index < -0.39 is 0 Å². The standard InChI is InChI=1S/C7H15N5/c1-5(8)4-6-10-11-7(9-2)12(6)3/h5H,4,8H2,1-3H3,(H,9,11). The molecular weight excluding hydrogens is 154 g/mol. The summed E-state index contributed by atoms with van der Waals surface area (Å²) in [7, 11) is 3.74. The molecule has 3 N–H and O–H groups in total. The molecule has 0 amide bonds. The summed E-state index contributed by atoms with van der Waals surface area (Å²) in [5.74, 6) is 1.68. The predicted molar refractivity (Wildman–Crippen MR) is 47.9 cm³/mol. The highest BCUT2D eigenvalue weighted by Gasteiger charge is 2.07. The molecule has 0 aliphatic heterocycles. The fourth-order valence-corrected chi connectivity index (χ4v) is 1.04. The van der Waals surface area contributed by atoms with Gasteiger partial charge in [-0.2, -0.15) is 0 Å². The van der Waals surface area contributed by atoms with Crippen molar-refractivity contribution in [3.8, 4) is 0 Å². The number of nitrogens with zero attached hydrogens (tertiary/aromatic N) is 3. The Labute approximate surface area is 72.0 Å². The maximum absolute atomic E-state index is 5.64. The van der Waals surface area contributed by atoms with E-state index in [4.69, 9.17) is 5.73 Å². The zero-order chi connectivity index (χ0) is 9.14. The van der Waals surface area contributed by atoms with Crippen LogP contribution in [0.2, 0.25) is 0 Å². The van der Waals surface area contributed by atoms with Gasteiger partial charge in [0.2, 0.25) is 5.95 Å². The number of hydrogen-bond acceptors (Lipinski definition) is 4. The van der Waals surface area contributed by atoms with Gasteiger partial charge in [-0.1, -0.05) is 0 Å². The van der Waals surface area contributed by atoms with Gasteiger partial charge in [-0.3, -0.25) is 0 Å². The van der Waals surface area contributed by atoms with Crippen LogP contribution in [0.5, 0.6) is 0 Å². The van der Waals surface area contributed by atoms with Gasteiger partial charge in [-0.15, -0.1) is 10.2 Å². The molecule has 0 spiro atoms. The third-order valence-corrected chi connectivity index (χ3v) is 1.69. The number of anilines is 1. The van der Waals surface area contributed by atoms with Crippen LogP contribution in [0.3, 0.4) is 0 Å². The molecule has 0 radical (unpaired) electrons. The van der Waals surface area contributed by atoms with Crippen LogP contribution in [0.4, 0.5) is 5.95 Å². The third kappa shape index (κ3) is 1.73. The van der Waals surface area contributed by atoms with E-state index in [2.05, 4.69) is 15.5 Å². The second kappa shape index (κ2) is 3.53. The van der Waals surface area contributed by atoms with Crippen LogP contribution in [-0.4, -0.2) is 27.9 Å². The Hall–Kier alpha value is -1.10. The van der Waals surface area contributed by atoms with Gasteiger partial charge >= 0.3 is 0 Å². The first-order chi connectivity index (χ1) is 5.65. The van der Waals surface area contributed by atoms with Crippen LogP contribution < -0.4 is 11.1 Å². The van der Waals surface area contributed by atoms with E-state index in [-0.39, 0.29) is 6.04 Å². The van der Waals surface area contributed by atoms with Crippen LogP contribution in [0.15, 0.2) is 0 Å². The SMILES string of the molecule is CNc1nnc(CC(C)N)n1C. The molecule has 68 valence electrons. The second-order valence-corrected chi connectivity index (χ2v) is 2.93. The molecule has 5 nitrogen and oxygen atoms in total. The minimum atomic E-state index is 0.123. The molecule has 5 heteroatoms. The smallest absolute Gasteiger partial charge is 0.224 e. The van der Waals surface area contributed by atoms with Crippen LogP contribution in [0.25, 0.3) is 0 Å². The summed E-state index contributed by atoms with van der Waals surface area (Å²) in [5.41, 5.74) is 5.64. The molecule has 0 saturated heterocycles. The van der Waals surface area contributed by atoms with E-state index in [9.17, 15) is 0 Å². The average Bonchev–Trinajstić information content (AvgIpc) is 2.32. The molecule has 1 unspecified atom stereocenters. The van der Waals surface area contributed by atoms with Gasteiger partial charge in [0.1, 0.15) is 5.82 Å². The largest absolute Gasteiger partial charge is 0.357 e. The number of nitrogens with one attached hydrogen (secondary N) is 1. The van der Waals surface area contributed by atoms with Crippen molar-refractivity contribution in [2.24, 2.45) is 12.8 Å². The van der Waals surface area contributed by atoms with Gasteiger partial charge < -0.3 is 15.6 Å². The third-order valence-electron chi connectivity index (χ3n) is 1.69. The molecule has 1 atom stereocenters. The quantitative estimate of drug-likeness (QED) is 0.654. The Morgan fingerprint density at radius 1 is 1.58 bits per heavy atom. The minimum absolute atomic E-state index is 0.123. The molecular formula is C7H15N5. The number of nitrogens with two attached hydrogens (primary N) is 1. The minimum Gasteiger partial charge on any atom is -0.357 e. The normalized spacial score (nSPS) is 13.0. The average molecular weight is 169 g/mol. The van der Waals surface area contributed by atoms with Crippen molar-refractivity contribution in [1.82, 2.24) is 14.8 Å². The molecule has 1 heterocycles. The molecule has 0 bridgehead atoms. The van der Waals surface area contributed by atoms with Crippen LogP contribution in [0, 0.1) is 0 Å². The van der Waals surface area contributed by atoms with Gasteiger partial charge in [0.05, 0.1) is 0 Å². The number of aromatic nitrogens is 3. The lowest BCUT2D eigenvalue weighted by atomic mass is 10.2. The summed E-state index contributed by atoms with van der Waals surface area (Å²) in [6.07, 6.45) is 0.755. The van der Waals surface area contributed by atoms with E-state index in [0.717, 1.165) is 18.2 Å². The molecule has 0 aliphatic carbocycles. The van der Waals surface area contributed by atoms with E-state index in [1.807, 2.05) is 25.6 Å². The molecule has 0 aromatic carbocycles. The molecule has 1 rings (SSSR count). The maximum Gasteiger partial charge on any atom is 0.224 e. The fourth-order valence-electron chi connectivity index (χ4n) is 1.04. The predicted octanol–water partition coefficient (Wildman–Crippen LogP) is -0.254. The molecule has 12 heavy (non-hydrogen) atoms. The second-order valence-electron chi connectivity index (χ2n) is 2.93. The topological polar surface area (TPSA) is 68.8 Å². The van der Waals surface area contributed by atoms with Crippen molar-refractivity contribution >= 4 is 5.95 Å². The first-order valence-electron chi connectivity index (χ1n) is 3.96. The monoisotopic (exact) mass is 169 g/mol. The first-order valence-corrected chi connectivity index (χ1v) is 3.96. The van der Waals surface area contributed by atoms with Crippen molar-refractivity contribution in [2.75, 3.05) is 12.4 Å². The Balaban J connectivity index is 2.80. The van der Waals surface area contributed by atoms with E-state index in [1.54, 1.807) is 0 Å². The fraction of sp³-hybridized carbons (Fsp3) is 0.714. The Morgan fingerprint density at radius 3 is 2.67 bits per heavy atom. The number of hydrogen-bond donors (Lipinski definition) is 2. The van der Waals surface area contributed by atoms with Gasteiger partial charge in [-0.05, 0) is 6.92 Å². The lowest BCUT2D eigenvalue weighted by Crippen LogP contribution is -2.20. The lowest BCUT2D eigenvalue weighted by molar-refractivity contribution is 0.671. The van der Waals surface area contributed by atoms with Crippen molar-refractivity contribution in [1.29, 1.82) is 0 Å². The highest BCUT2D eigenvalue weighted by atomic mass is 15.3. The molecule has 1 aromatic heterocycles. The Kier molecular flexibility index (Phi) is 2.65. The van der Waals surface area contributed by atoms with Crippen molar-refractivity contribution in [3.63, 3.8) is 0 Å². The van der Waals surface area contributed by atoms with Crippen LogP contribution in [0.1, 0.15) is 12.7 Å². The summed E-state index contributed by atoms with van der Waals surface area (Å²) >= 11 is 0. The van der Waals surface area contributed by atoms with Gasteiger partial charge in [0.25, 0.3) is 0 Å². The number of rotatable bonds is 3.